The van der Waals surface area contributed by atoms with Crippen LogP contribution in [0, 0.1) is 0 Å². The summed E-state index contributed by atoms with van der Waals surface area (Å²) in [6.45, 7) is 3.54. The van der Waals surface area contributed by atoms with Crippen molar-refractivity contribution >= 4 is 26.7 Å². The van der Waals surface area contributed by atoms with Crippen molar-refractivity contribution in [2.45, 2.75) is 19.4 Å². The highest BCUT2D eigenvalue weighted by molar-refractivity contribution is 9.10. The molecule has 0 heterocycles. The van der Waals surface area contributed by atoms with Gasteiger partial charge in [0, 0.05) is 10.0 Å². The van der Waals surface area contributed by atoms with Gasteiger partial charge in [-0.1, -0.05) is 28.1 Å². The molecule has 17 heavy (non-hydrogen) atoms. The highest BCUT2D eigenvalue weighted by atomic mass is 79.9. The van der Waals surface area contributed by atoms with E-state index in [-0.39, 0.29) is 0 Å². The molecule has 0 atom stereocenters. The van der Waals surface area contributed by atoms with Crippen molar-refractivity contribution in [3.63, 3.8) is 0 Å². The van der Waals surface area contributed by atoms with Gasteiger partial charge >= 0.3 is 0 Å². The maximum absolute atomic E-state index is 10.3. The summed E-state index contributed by atoms with van der Waals surface area (Å²) in [5.74, 6) is 0.715. The minimum Gasteiger partial charge on any atom is -0.496 e. The highest BCUT2D eigenvalue weighted by Crippen LogP contribution is 2.36. The number of hydrogen-bond acceptors (Lipinski definition) is 2. The largest absolute Gasteiger partial charge is 0.496 e. The molecule has 0 aliphatic rings. The molecule has 2 rings (SSSR count). The van der Waals surface area contributed by atoms with Gasteiger partial charge < -0.3 is 9.84 Å². The zero-order chi connectivity index (χ0) is 12.6. The zero-order valence-corrected chi connectivity index (χ0v) is 11.7. The molecule has 0 saturated heterocycles. The molecule has 0 bridgehead atoms. The van der Waals surface area contributed by atoms with Gasteiger partial charge in [0.2, 0.25) is 0 Å². The maximum Gasteiger partial charge on any atom is 0.125 e. The zero-order valence-electron chi connectivity index (χ0n) is 10.1. The van der Waals surface area contributed by atoms with E-state index in [1.54, 1.807) is 21.0 Å². The number of ether oxygens (including phenoxy) is 1. The van der Waals surface area contributed by atoms with Crippen molar-refractivity contribution in [3.8, 4) is 5.75 Å². The molecule has 2 aromatic rings. The monoisotopic (exact) mass is 294 g/mol. The van der Waals surface area contributed by atoms with Gasteiger partial charge in [-0.05, 0) is 42.8 Å². The molecule has 0 fully saturated rings. The van der Waals surface area contributed by atoms with Gasteiger partial charge in [-0.25, -0.2) is 0 Å². The Kier molecular flexibility index (Phi) is 3.15. The topological polar surface area (TPSA) is 29.5 Å². The van der Waals surface area contributed by atoms with E-state index in [9.17, 15) is 5.11 Å². The predicted octanol–water partition coefficient (Wildman–Crippen LogP) is 3.84. The molecule has 0 unspecified atom stereocenters. The second-order valence-electron chi connectivity index (χ2n) is 4.57. The molecular formula is C14H15BrO2. The van der Waals surface area contributed by atoms with E-state index in [1.807, 2.05) is 30.3 Å². The quantitative estimate of drug-likeness (QED) is 0.912. The Balaban J connectivity index is 2.84. The Morgan fingerprint density at radius 3 is 2.47 bits per heavy atom. The molecule has 0 aliphatic carbocycles. The van der Waals surface area contributed by atoms with Gasteiger partial charge in [-0.15, -0.1) is 0 Å². The summed E-state index contributed by atoms with van der Waals surface area (Å²) >= 11 is 3.45. The van der Waals surface area contributed by atoms with Crippen LogP contribution in [0.3, 0.4) is 0 Å². The van der Waals surface area contributed by atoms with E-state index >= 15 is 0 Å². The summed E-state index contributed by atoms with van der Waals surface area (Å²) in [7, 11) is 1.62. The van der Waals surface area contributed by atoms with Crippen molar-refractivity contribution in [2.24, 2.45) is 0 Å². The Labute approximate surface area is 109 Å². The van der Waals surface area contributed by atoms with E-state index < -0.39 is 5.60 Å². The molecule has 3 heteroatoms. The van der Waals surface area contributed by atoms with E-state index in [1.165, 1.54) is 0 Å². The number of halogens is 1. The Hall–Kier alpha value is -1.06. The van der Waals surface area contributed by atoms with E-state index in [0.717, 1.165) is 20.8 Å². The normalized spacial score (nSPS) is 11.8. The smallest absolute Gasteiger partial charge is 0.125 e. The molecule has 0 aliphatic heterocycles. The SMILES string of the molecule is COc1ccc2cc(Br)ccc2c1C(C)(C)O. The average molecular weight is 295 g/mol. The highest BCUT2D eigenvalue weighted by Gasteiger charge is 2.23. The van der Waals surface area contributed by atoms with Crippen molar-refractivity contribution in [2.75, 3.05) is 7.11 Å². The minimum atomic E-state index is -0.932. The van der Waals surface area contributed by atoms with Crippen LogP contribution in [-0.4, -0.2) is 12.2 Å². The van der Waals surface area contributed by atoms with Crippen LogP contribution in [-0.2, 0) is 5.60 Å². The van der Waals surface area contributed by atoms with Crippen molar-refractivity contribution in [1.82, 2.24) is 0 Å². The van der Waals surface area contributed by atoms with E-state index in [4.69, 9.17) is 4.74 Å². The standard InChI is InChI=1S/C14H15BrO2/c1-14(2,16)13-11-6-5-10(15)8-9(11)4-7-12(13)17-3/h4-8,16H,1-3H3. The summed E-state index contributed by atoms with van der Waals surface area (Å²) in [5, 5.41) is 12.4. The van der Waals surface area contributed by atoms with Crippen molar-refractivity contribution < 1.29 is 9.84 Å². The first-order valence-corrected chi connectivity index (χ1v) is 6.22. The molecule has 0 aromatic heterocycles. The number of benzene rings is 2. The Morgan fingerprint density at radius 2 is 1.88 bits per heavy atom. The molecule has 2 nitrogen and oxygen atoms in total. The third kappa shape index (κ3) is 2.31. The van der Waals surface area contributed by atoms with Gasteiger partial charge in [-0.3, -0.25) is 0 Å². The third-order valence-electron chi connectivity index (χ3n) is 2.78. The molecule has 0 amide bonds. The van der Waals surface area contributed by atoms with Gasteiger partial charge in [0.25, 0.3) is 0 Å². The van der Waals surface area contributed by atoms with Crippen LogP contribution in [0.25, 0.3) is 10.8 Å². The first-order valence-electron chi connectivity index (χ1n) is 5.42. The van der Waals surface area contributed by atoms with Crippen LogP contribution < -0.4 is 4.74 Å². The summed E-state index contributed by atoms with van der Waals surface area (Å²) < 4.78 is 6.36. The number of methoxy groups -OCH3 is 1. The van der Waals surface area contributed by atoms with Gasteiger partial charge in [-0.2, -0.15) is 0 Å². The summed E-state index contributed by atoms with van der Waals surface area (Å²) in [5.41, 5.74) is -0.108. The number of rotatable bonds is 2. The second-order valence-corrected chi connectivity index (χ2v) is 5.48. The fourth-order valence-electron chi connectivity index (χ4n) is 2.08. The number of aliphatic hydroxyl groups is 1. The molecule has 0 saturated carbocycles. The molecule has 1 N–H and O–H groups in total. The van der Waals surface area contributed by atoms with Crippen LogP contribution in [0.2, 0.25) is 0 Å². The summed E-state index contributed by atoms with van der Waals surface area (Å²) in [6, 6.07) is 9.88. The first-order chi connectivity index (χ1) is 7.93. The van der Waals surface area contributed by atoms with Crippen LogP contribution in [0.1, 0.15) is 19.4 Å². The van der Waals surface area contributed by atoms with Crippen LogP contribution in [0.15, 0.2) is 34.8 Å². The Bertz CT molecular complexity index is 556. The maximum atomic E-state index is 10.3. The summed E-state index contributed by atoms with van der Waals surface area (Å²) in [4.78, 5) is 0. The Morgan fingerprint density at radius 1 is 1.18 bits per heavy atom. The van der Waals surface area contributed by atoms with Crippen LogP contribution in [0.4, 0.5) is 0 Å². The van der Waals surface area contributed by atoms with Crippen LogP contribution >= 0.6 is 15.9 Å². The molecule has 2 aromatic carbocycles. The fraction of sp³-hybridized carbons (Fsp3) is 0.286. The number of hydrogen-bond donors (Lipinski definition) is 1. The predicted molar refractivity (Wildman–Crippen MR) is 73.4 cm³/mol. The number of fused-ring (bicyclic) bond motifs is 1. The van der Waals surface area contributed by atoms with Gasteiger partial charge in [0.1, 0.15) is 5.75 Å². The van der Waals surface area contributed by atoms with E-state index in [0.29, 0.717) is 5.75 Å². The first kappa shape index (κ1) is 12.4. The van der Waals surface area contributed by atoms with E-state index in [2.05, 4.69) is 15.9 Å². The molecule has 0 spiro atoms. The molecule has 90 valence electrons. The van der Waals surface area contributed by atoms with Gasteiger partial charge in [0.05, 0.1) is 12.7 Å². The third-order valence-corrected chi connectivity index (χ3v) is 3.27. The lowest BCUT2D eigenvalue weighted by atomic mass is 9.91. The van der Waals surface area contributed by atoms with Crippen molar-refractivity contribution in [1.29, 1.82) is 0 Å². The molecular weight excluding hydrogens is 280 g/mol. The minimum absolute atomic E-state index is 0.715. The lowest BCUT2D eigenvalue weighted by Gasteiger charge is -2.23. The van der Waals surface area contributed by atoms with Crippen molar-refractivity contribution in [3.05, 3.63) is 40.4 Å². The van der Waals surface area contributed by atoms with Gasteiger partial charge in [0.15, 0.2) is 0 Å². The summed E-state index contributed by atoms with van der Waals surface area (Å²) in [6.07, 6.45) is 0. The second kappa shape index (κ2) is 4.31. The average Bonchev–Trinajstić information content (AvgIpc) is 2.25. The fourth-order valence-corrected chi connectivity index (χ4v) is 2.46. The molecule has 0 radical (unpaired) electrons. The lowest BCUT2D eigenvalue weighted by Crippen LogP contribution is -2.17. The van der Waals surface area contributed by atoms with Crippen LogP contribution in [0.5, 0.6) is 5.75 Å². The lowest BCUT2D eigenvalue weighted by molar-refractivity contribution is 0.0773.